The molecule has 1 saturated carbocycles. The Hall–Kier alpha value is -2.65. The fourth-order valence-corrected chi connectivity index (χ4v) is 4.59. The molecule has 3 N–H and O–H groups in total. The molecular weight excluding hydrogens is 425 g/mol. The zero-order valence-electron chi connectivity index (χ0n) is 16.8. The van der Waals surface area contributed by atoms with E-state index in [9.17, 15) is 19.1 Å². The average molecular weight is 448 g/mol. The summed E-state index contributed by atoms with van der Waals surface area (Å²) in [5.41, 5.74) is 2.40. The van der Waals surface area contributed by atoms with Crippen molar-refractivity contribution in [3.05, 3.63) is 46.0 Å². The number of hydrogen-bond donors (Lipinski definition) is 3. The van der Waals surface area contributed by atoms with Crippen LogP contribution in [0.2, 0.25) is 5.02 Å². The molecule has 2 aliphatic heterocycles. The summed E-state index contributed by atoms with van der Waals surface area (Å²) in [6.45, 7) is 1.57. The van der Waals surface area contributed by atoms with Crippen LogP contribution in [0.25, 0.3) is 0 Å². The fraction of sp³-hybridized carbons (Fsp3) is 0.476. The van der Waals surface area contributed by atoms with Crippen LogP contribution in [0, 0.1) is 17.7 Å². The molecule has 0 saturated heterocycles. The molecule has 2 unspecified atom stereocenters. The van der Waals surface area contributed by atoms with Crippen molar-refractivity contribution in [3.63, 3.8) is 0 Å². The molecule has 1 aromatic heterocycles. The van der Waals surface area contributed by atoms with Gasteiger partial charge in [-0.25, -0.2) is 9.18 Å². The van der Waals surface area contributed by atoms with Crippen LogP contribution in [0.3, 0.4) is 0 Å². The smallest absolute Gasteiger partial charge is 0.322 e. The molecule has 8 nitrogen and oxygen atoms in total. The molecule has 2 aromatic rings. The van der Waals surface area contributed by atoms with Crippen molar-refractivity contribution in [1.29, 1.82) is 0 Å². The Morgan fingerprint density at radius 1 is 1.35 bits per heavy atom. The van der Waals surface area contributed by atoms with Crippen molar-refractivity contribution in [2.45, 2.75) is 38.5 Å². The topological polar surface area (TPSA) is 99.5 Å². The van der Waals surface area contributed by atoms with Crippen molar-refractivity contribution < 1.29 is 19.1 Å². The molecule has 1 aliphatic carbocycles. The zero-order valence-corrected chi connectivity index (χ0v) is 17.5. The lowest BCUT2D eigenvalue weighted by atomic mass is 9.99. The van der Waals surface area contributed by atoms with Crippen molar-refractivity contribution in [2.24, 2.45) is 11.8 Å². The number of carbonyl (C=O) groups is 2. The van der Waals surface area contributed by atoms with E-state index in [1.807, 2.05) is 0 Å². The lowest BCUT2D eigenvalue weighted by Gasteiger charge is -2.27. The summed E-state index contributed by atoms with van der Waals surface area (Å²) in [7, 11) is 0. The lowest BCUT2D eigenvalue weighted by molar-refractivity contribution is 0.0751. The molecule has 31 heavy (non-hydrogen) atoms. The van der Waals surface area contributed by atoms with Crippen molar-refractivity contribution in [1.82, 2.24) is 20.0 Å². The van der Waals surface area contributed by atoms with Gasteiger partial charge in [0.2, 0.25) is 0 Å². The summed E-state index contributed by atoms with van der Waals surface area (Å²) in [6, 6.07) is 3.64. The third-order valence-corrected chi connectivity index (χ3v) is 6.58. The number of fused-ring (bicyclic) bond motifs is 3. The van der Waals surface area contributed by atoms with Crippen molar-refractivity contribution in [2.75, 3.05) is 18.4 Å². The Morgan fingerprint density at radius 2 is 2.16 bits per heavy atom. The monoisotopic (exact) mass is 447 g/mol. The number of nitrogens with zero attached hydrogens (tertiary/aromatic N) is 3. The summed E-state index contributed by atoms with van der Waals surface area (Å²) in [6.07, 6.45) is 2.13. The highest BCUT2D eigenvalue weighted by Crippen LogP contribution is 2.37. The van der Waals surface area contributed by atoms with E-state index in [1.54, 1.807) is 9.58 Å². The molecule has 10 heteroatoms. The van der Waals surface area contributed by atoms with Crippen LogP contribution in [0.4, 0.5) is 14.9 Å². The quantitative estimate of drug-likeness (QED) is 0.672. The number of nitrogens with one attached hydrogen (secondary N) is 2. The van der Waals surface area contributed by atoms with Crippen LogP contribution in [0.1, 0.15) is 34.6 Å². The van der Waals surface area contributed by atoms with E-state index in [1.165, 1.54) is 18.2 Å². The van der Waals surface area contributed by atoms with Gasteiger partial charge in [-0.2, -0.15) is 5.10 Å². The molecule has 1 fully saturated rings. The number of halogens is 2. The highest BCUT2D eigenvalue weighted by atomic mass is 35.5. The number of rotatable bonds is 3. The number of benzene rings is 1. The summed E-state index contributed by atoms with van der Waals surface area (Å²) < 4.78 is 15.1. The van der Waals surface area contributed by atoms with Crippen LogP contribution in [0.5, 0.6) is 0 Å². The Bertz CT molecular complexity index is 1050. The molecule has 164 valence electrons. The summed E-state index contributed by atoms with van der Waals surface area (Å²) in [5.74, 6) is -0.553. The second kappa shape index (κ2) is 7.80. The lowest BCUT2D eigenvalue weighted by Crippen LogP contribution is -2.39. The van der Waals surface area contributed by atoms with Crippen LogP contribution in [-0.4, -0.2) is 50.9 Å². The molecule has 3 heterocycles. The molecule has 0 radical (unpaired) electrons. The second-order valence-corrected chi connectivity index (χ2v) is 8.89. The number of carbonyl (C=O) groups excluding carboxylic acids is 2. The first-order valence-electron chi connectivity index (χ1n) is 10.5. The first-order valence-corrected chi connectivity index (χ1v) is 10.8. The summed E-state index contributed by atoms with van der Waals surface area (Å²) >= 11 is 5.79. The van der Waals surface area contributed by atoms with Gasteiger partial charge in [0, 0.05) is 43.2 Å². The van der Waals surface area contributed by atoms with Gasteiger partial charge in [-0.1, -0.05) is 11.6 Å². The number of aromatic nitrogens is 2. The minimum atomic E-state index is -0.555. The van der Waals surface area contributed by atoms with Gasteiger partial charge in [0.15, 0.2) is 0 Å². The Morgan fingerprint density at radius 3 is 2.90 bits per heavy atom. The number of hydrogen-bond acceptors (Lipinski definition) is 4. The Balaban J connectivity index is 1.34. The first-order chi connectivity index (χ1) is 14.9. The molecular formula is C21H23ClFN5O3. The highest BCUT2D eigenvalue weighted by Gasteiger charge is 2.39. The van der Waals surface area contributed by atoms with Gasteiger partial charge in [0.1, 0.15) is 11.5 Å². The van der Waals surface area contributed by atoms with Gasteiger partial charge in [-0.3, -0.25) is 9.48 Å². The highest BCUT2D eigenvalue weighted by molar-refractivity contribution is 6.31. The molecule has 1 aromatic carbocycles. The summed E-state index contributed by atoms with van der Waals surface area (Å²) in [4.78, 5) is 27.2. The number of aliphatic hydroxyl groups excluding tert-OH is 1. The maximum atomic E-state index is 13.4. The largest absolute Gasteiger partial charge is 0.392 e. The van der Waals surface area contributed by atoms with E-state index < -0.39 is 11.9 Å². The molecule has 2 atom stereocenters. The third kappa shape index (κ3) is 3.87. The summed E-state index contributed by atoms with van der Waals surface area (Å²) in [5, 5.41) is 20.8. The molecule has 5 rings (SSSR count). The maximum Gasteiger partial charge on any atom is 0.322 e. The molecule has 3 amide bonds. The minimum Gasteiger partial charge on any atom is -0.392 e. The fourth-order valence-electron chi connectivity index (χ4n) is 4.41. The predicted molar refractivity (Wildman–Crippen MR) is 111 cm³/mol. The van der Waals surface area contributed by atoms with E-state index in [0.717, 1.165) is 24.1 Å². The Kier molecular flexibility index (Phi) is 5.10. The van der Waals surface area contributed by atoms with Gasteiger partial charge < -0.3 is 20.6 Å². The van der Waals surface area contributed by atoms with Crippen LogP contribution in [0.15, 0.2) is 18.2 Å². The number of amides is 3. The molecule has 3 aliphatic rings. The average Bonchev–Trinajstić information content (AvgIpc) is 3.55. The van der Waals surface area contributed by atoms with Crippen LogP contribution in [-0.2, 0) is 19.5 Å². The van der Waals surface area contributed by atoms with Gasteiger partial charge in [-0.15, -0.1) is 0 Å². The minimum absolute atomic E-state index is 0.0692. The predicted octanol–water partition coefficient (Wildman–Crippen LogP) is 2.40. The van der Waals surface area contributed by atoms with Gasteiger partial charge >= 0.3 is 6.03 Å². The zero-order chi connectivity index (χ0) is 21.7. The van der Waals surface area contributed by atoms with E-state index in [4.69, 9.17) is 11.6 Å². The first kappa shape index (κ1) is 20.3. The van der Waals surface area contributed by atoms with Crippen LogP contribution >= 0.6 is 11.6 Å². The maximum absolute atomic E-state index is 13.4. The number of anilines is 1. The Labute approximate surface area is 183 Å². The number of urea groups is 1. The third-order valence-electron chi connectivity index (χ3n) is 6.29. The molecule has 0 spiro atoms. The van der Waals surface area contributed by atoms with Crippen LogP contribution < -0.4 is 10.6 Å². The van der Waals surface area contributed by atoms with Gasteiger partial charge in [0.05, 0.1) is 23.4 Å². The van der Waals surface area contributed by atoms with Crippen molar-refractivity contribution in [3.8, 4) is 0 Å². The normalized spacial score (nSPS) is 21.6. The standard InChI is InChI=1S/C21H23ClFN5O3/c22-15-7-13(3-4-16(15)23)25-21(31)27-6-5-17-14(10-27)18-20(30)24-8-12(9-28(18)26-17)19(29)11-1-2-11/h3-4,7,11-12,19,29H,1-2,5-6,8-10H2,(H,24,30)(H,25,31). The van der Waals surface area contributed by atoms with Crippen molar-refractivity contribution >= 4 is 29.2 Å². The van der Waals surface area contributed by atoms with E-state index in [0.29, 0.717) is 43.4 Å². The van der Waals surface area contributed by atoms with E-state index >= 15 is 0 Å². The van der Waals surface area contributed by atoms with E-state index in [-0.39, 0.29) is 29.4 Å². The van der Waals surface area contributed by atoms with Gasteiger partial charge in [-0.05, 0) is 37.0 Å². The second-order valence-electron chi connectivity index (χ2n) is 8.48. The SMILES string of the molecule is O=C1NCC(C(O)C2CC2)Cn2nc3c(c21)CN(C(=O)Nc1ccc(F)c(Cl)c1)CC3. The van der Waals surface area contributed by atoms with E-state index in [2.05, 4.69) is 15.7 Å². The molecule has 0 bridgehead atoms. The number of aliphatic hydroxyl groups is 1. The van der Waals surface area contributed by atoms with Gasteiger partial charge in [0.25, 0.3) is 5.91 Å².